The van der Waals surface area contributed by atoms with Gasteiger partial charge in [0.2, 0.25) is 0 Å². The molecule has 2 rings (SSSR count). The molecule has 0 spiro atoms. The molecule has 1 aromatic carbocycles. The Hall–Kier alpha value is -1.59. The van der Waals surface area contributed by atoms with Crippen LogP contribution in [0.1, 0.15) is 16.7 Å². The highest BCUT2D eigenvalue weighted by Gasteiger charge is 2.14. The molecule has 5 heteroatoms. The summed E-state index contributed by atoms with van der Waals surface area (Å²) in [5, 5.41) is 15.7. The van der Waals surface area contributed by atoms with Gasteiger partial charge in [-0.25, -0.2) is 4.98 Å². The molecule has 0 aliphatic rings. The molecule has 0 saturated carbocycles. The lowest BCUT2D eigenvalue weighted by Gasteiger charge is -2.17. The van der Waals surface area contributed by atoms with Gasteiger partial charge in [-0.15, -0.1) is 11.3 Å². The minimum absolute atomic E-state index is 0.0127. The predicted molar refractivity (Wildman–Crippen MR) is 73.3 cm³/mol. The van der Waals surface area contributed by atoms with Crippen LogP contribution in [0, 0.1) is 6.92 Å². The predicted octanol–water partition coefficient (Wildman–Crippen LogP) is 2.61. The molecule has 0 fully saturated rings. The van der Waals surface area contributed by atoms with Gasteiger partial charge in [-0.1, -0.05) is 12.1 Å². The van der Waals surface area contributed by atoms with Crippen molar-refractivity contribution in [2.45, 2.75) is 13.0 Å². The average Bonchev–Trinajstić information content (AvgIpc) is 2.83. The van der Waals surface area contributed by atoms with Gasteiger partial charge in [0.05, 0.1) is 36.1 Å². The molecule has 2 N–H and O–H groups in total. The van der Waals surface area contributed by atoms with E-state index in [4.69, 9.17) is 4.74 Å². The van der Waals surface area contributed by atoms with Crippen molar-refractivity contribution in [3.05, 3.63) is 40.3 Å². The number of aliphatic hydroxyl groups is 1. The van der Waals surface area contributed by atoms with Crippen LogP contribution in [0.5, 0.6) is 5.75 Å². The van der Waals surface area contributed by atoms with E-state index >= 15 is 0 Å². The number of anilines is 1. The van der Waals surface area contributed by atoms with Gasteiger partial charge >= 0.3 is 0 Å². The van der Waals surface area contributed by atoms with Crippen molar-refractivity contribution in [2.75, 3.05) is 19.0 Å². The molecule has 0 aliphatic heterocycles. The monoisotopic (exact) mass is 264 g/mol. The lowest BCUT2D eigenvalue weighted by Crippen LogP contribution is -2.15. The van der Waals surface area contributed by atoms with Gasteiger partial charge in [0.1, 0.15) is 5.75 Å². The van der Waals surface area contributed by atoms with E-state index in [1.807, 2.05) is 36.6 Å². The maximum atomic E-state index is 9.47. The summed E-state index contributed by atoms with van der Waals surface area (Å²) in [4.78, 5) is 4.39. The molecule has 0 aliphatic carbocycles. The molecule has 18 heavy (non-hydrogen) atoms. The topological polar surface area (TPSA) is 54.4 Å². The van der Waals surface area contributed by atoms with Crippen molar-refractivity contribution in [3.63, 3.8) is 0 Å². The van der Waals surface area contributed by atoms with Gasteiger partial charge in [0.15, 0.2) is 0 Å². The van der Waals surface area contributed by atoms with Crippen LogP contribution in [0.15, 0.2) is 29.6 Å². The quantitative estimate of drug-likeness (QED) is 0.871. The van der Waals surface area contributed by atoms with E-state index in [0.717, 1.165) is 22.1 Å². The van der Waals surface area contributed by atoms with Crippen LogP contribution < -0.4 is 10.1 Å². The number of hydrogen-bond donors (Lipinski definition) is 2. The smallest absolute Gasteiger partial charge is 0.141 e. The standard InChI is InChI=1S/C13H16N2O2S/c1-9-14-12(8-18-9)11(7-16)15-10-5-3-4-6-13(10)17-2/h3-6,8,11,15-16H,7H2,1-2H3. The number of methoxy groups -OCH3 is 1. The maximum Gasteiger partial charge on any atom is 0.141 e. The first-order valence-electron chi connectivity index (χ1n) is 5.67. The first-order chi connectivity index (χ1) is 8.74. The highest BCUT2D eigenvalue weighted by Crippen LogP contribution is 2.28. The Morgan fingerprint density at radius 3 is 2.83 bits per heavy atom. The van der Waals surface area contributed by atoms with Crippen molar-refractivity contribution < 1.29 is 9.84 Å². The third kappa shape index (κ3) is 2.80. The van der Waals surface area contributed by atoms with E-state index in [-0.39, 0.29) is 12.6 Å². The molecule has 1 unspecified atom stereocenters. The Kier molecular flexibility index (Phi) is 4.17. The van der Waals surface area contributed by atoms with Gasteiger partial charge in [0.25, 0.3) is 0 Å². The molecule has 0 bridgehead atoms. The number of benzene rings is 1. The zero-order valence-corrected chi connectivity index (χ0v) is 11.2. The van der Waals surface area contributed by atoms with E-state index in [1.54, 1.807) is 18.4 Å². The number of nitrogens with zero attached hydrogens (tertiary/aromatic N) is 1. The Bertz CT molecular complexity index is 513. The summed E-state index contributed by atoms with van der Waals surface area (Å²) in [5.41, 5.74) is 1.70. The number of nitrogens with one attached hydrogen (secondary N) is 1. The molecule has 96 valence electrons. The molecule has 0 amide bonds. The molecular weight excluding hydrogens is 248 g/mol. The fraction of sp³-hybridized carbons (Fsp3) is 0.308. The van der Waals surface area contributed by atoms with Crippen LogP contribution in [-0.2, 0) is 0 Å². The number of ether oxygens (including phenoxy) is 1. The molecule has 1 heterocycles. The van der Waals surface area contributed by atoms with Crippen LogP contribution in [0.4, 0.5) is 5.69 Å². The molecule has 0 saturated heterocycles. The second-order valence-electron chi connectivity index (χ2n) is 3.87. The largest absolute Gasteiger partial charge is 0.495 e. The van der Waals surface area contributed by atoms with Crippen molar-refractivity contribution in [1.29, 1.82) is 0 Å². The fourth-order valence-corrected chi connectivity index (χ4v) is 2.37. The molecule has 4 nitrogen and oxygen atoms in total. The van der Waals surface area contributed by atoms with Crippen LogP contribution in [0.25, 0.3) is 0 Å². The van der Waals surface area contributed by atoms with Gasteiger partial charge in [-0.3, -0.25) is 0 Å². The Labute approximate surface area is 110 Å². The summed E-state index contributed by atoms with van der Waals surface area (Å²) >= 11 is 1.58. The Balaban J connectivity index is 2.20. The highest BCUT2D eigenvalue weighted by molar-refractivity contribution is 7.09. The summed E-state index contributed by atoms with van der Waals surface area (Å²) in [6.45, 7) is 1.94. The summed E-state index contributed by atoms with van der Waals surface area (Å²) < 4.78 is 5.27. The van der Waals surface area contributed by atoms with E-state index in [0.29, 0.717) is 0 Å². The molecule has 2 aromatic rings. The lowest BCUT2D eigenvalue weighted by atomic mass is 10.2. The lowest BCUT2D eigenvalue weighted by molar-refractivity contribution is 0.274. The molecular formula is C13H16N2O2S. The maximum absolute atomic E-state index is 9.47. The summed E-state index contributed by atoms with van der Waals surface area (Å²) in [6.07, 6.45) is 0. The zero-order chi connectivity index (χ0) is 13.0. The number of para-hydroxylation sites is 2. The number of aryl methyl sites for hydroxylation is 1. The number of aliphatic hydroxyl groups excluding tert-OH is 1. The number of hydrogen-bond acceptors (Lipinski definition) is 5. The molecule has 1 aromatic heterocycles. The van der Waals surface area contributed by atoms with Gasteiger partial charge in [-0.05, 0) is 19.1 Å². The summed E-state index contributed by atoms with van der Waals surface area (Å²) in [6, 6.07) is 7.41. The Morgan fingerprint density at radius 1 is 1.44 bits per heavy atom. The normalized spacial score (nSPS) is 12.2. The van der Waals surface area contributed by atoms with E-state index in [1.165, 1.54) is 0 Å². The SMILES string of the molecule is COc1ccccc1NC(CO)c1csc(C)n1. The van der Waals surface area contributed by atoms with Gasteiger partial charge in [0, 0.05) is 5.38 Å². The van der Waals surface area contributed by atoms with Crippen molar-refractivity contribution >= 4 is 17.0 Å². The van der Waals surface area contributed by atoms with Crippen molar-refractivity contribution in [1.82, 2.24) is 4.98 Å². The first kappa shape index (κ1) is 12.9. The minimum Gasteiger partial charge on any atom is -0.495 e. The zero-order valence-electron chi connectivity index (χ0n) is 10.4. The number of thiazole rings is 1. The van der Waals surface area contributed by atoms with Crippen molar-refractivity contribution in [3.8, 4) is 5.75 Å². The van der Waals surface area contributed by atoms with E-state index < -0.39 is 0 Å². The van der Waals surface area contributed by atoms with E-state index in [9.17, 15) is 5.11 Å². The molecule has 0 radical (unpaired) electrons. The van der Waals surface area contributed by atoms with Crippen LogP contribution in [-0.4, -0.2) is 23.8 Å². The third-order valence-electron chi connectivity index (χ3n) is 2.61. The second-order valence-corrected chi connectivity index (χ2v) is 4.93. The summed E-state index contributed by atoms with van der Waals surface area (Å²) in [7, 11) is 1.63. The first-order valence-corrected chi connectivity index (χ1v) is 6.55. The van der Waals surface area contributed by atoms with E-state index in [2.05, 4.69) is 10.3 Å². The van der Waals surface area contributed by atoms with Crippen LogP contribution >= 0.6 is 11.3 Å². The minimum atomic E-state index is -0.216. The van der Waals surface area contributed by atoms with Gasteiger partial charge in [-0.2, -0.15) is 0 Å². The number of aromatic nitrogens is 1. The number of rotatable bonds is 5. The van der Waals surface area contributed by atoms with Crippen LogP contribution in [0.2, 0.25) is 0 Å². The third-order valence-corrected chi connectivity index (χ3v) is 3.40. The highest BCUT2D eigenvalue weighted by atomic mass is 32.1. The average molecular weight is 264 g/mol. The van der Waals surface area contributed by atoms with Crippen LogP contribution in [0.3, 0.4) is 0 Å². The van der Waals surface area contributed by atoms with Gasteiger partial charge < -0.3 is 15.2 Å². The van der Waals surface area contributed by atoms with Crippen molar-refractivity contribution in [2.24, 2.45) is 0 Å². The fourth-order valence-electron chi connectivity index (χ4n) is 1.70. The molecule has 1 atom stereocenters. The summed E-state index contributed by atoms with van der Waals surface area (Å²) in [5.74, 6) is 0.753. The Morgan fingerprint density at radius 2 is 2.22 bits per heavy atom. The second kappa shape index (κ2) is 5.84.